The van der Waals surface area contributed by atoms with Crippen molar-refractivity contribution in [2.24, 2.45) is 11.8 Å². The molecular formula is C15H26N2O3. The molecule has 0 bridgehead atoms. The summed E-state index contributed by atoms with van der Waals surface area (Å²) in [5.41, 5.74) is 0. The summed E-state index contributed by atoms with van der Waals surface area (Å²) >= 11 is 0. The highest BCUT2D eigenvalue weighted by Gasteiger charge is 2.35. The highest BCUT2D eigenvalue weighted by atomic mass is 16.4. The lowest BCUT2D eigenvalue weighted by molar-refractivity contribution is -0.149. The predicted molar refractivity (Wildman–Crippen MR) is 76.4 cm³/mol. The predicted octanol–water partition coefficient (Wildman–Crippen LogP) is 1.48. The first-order valence-electron chi connectivity index (χ1n) is 7.80. The van der Waals surface area contributed by atoms with Crippen LogP contribution < -0.4 is 5.32 Å². The molecule has 1 saturated heterocycles. The number of amides is 1. The van der Waals surface area contributed by atoms with Crippen molar-refractivity contribution < 1.29 is 14.7 Å². The lowest BCUT2D eigenvalue weighted by atomic mass is 9.78. The Morgan fingerprint density at radius 1 is 1.10 bits per heavy atom. The van der Waals surface area contributed by atoms with E-state index in [-0.39, 0.29) is 11.8 Å². The summed E-state index contributed by atoms with van der Waals surface area (Å²) in [5, 5.41) is 12.2. The number of carboxylic acids is 1. The highest BCUT2D eigenvalue weighted by Crippen LogP contribution is 2.30. The van der Waals surface area contributed by atoms with Crippen LogP contribution in [0.25, 0.3) is 0 Å². The van der Waals surface area contributed by atoms with Gasteiger partial charge in [0, 0.05) is 12.6 Å². The van der Waals surface area contributed by atoms with Gasteiger partial charge in [-0.25, -0.2) is 0 Å². The van der Waals surface area contributed by atoms with Gasteiger partial charge in [0.1, 0.15) is 0 Å². The Balaban J connectivity index is 1.85. The summed E-state index contributed by atoms with van der Waals surface area (Å²) in [6.45, 7) is 1.74. The standard InChI is InChI=1S/C15H26N2O3/c1-17-9-5-4-6-11(17)10-16-14(18)12-7-2-3-8-13(12)15(19)20/h11-13H,2-10H2,1H3,(H,16,18)(H,19,20). The summed E-state index contributed by atoms with van der Waals surface area (Å²) in [4.78, 5) is 25.8. The molecule has 0 radical (unpaired) electrons. The van der Waals surface area contributed by atoms with Crippen LogP contribution in [0.2, 0.25) is 0 Å². The summed E-state index contributed by atoms with van der Waals surface area (Å²) in [5.74, 6) is -1.71. The lowest BCUT2D eigenvalue weighted by Gasteiger charge is -2.33. The maximum atomic E-state index is 12.3. The number of carbonyl (C=O) groups excluding carboxylic acids is 1. The molecule has 0 aromatic heterocycles. The Bertz CT molecular complexity index is 359. The topological polar surface area (TPSA) is 69.6 Å². The van der Waals surface area contributed by atoms with Crippen molar-refractivity contribution in [3.05, 3.63) is 0 Å². The van der Waals surface area contributed by atoms with Gasteiger partial charge in [0.2, 0.25) is 5.91 Å². The van der Waals surface area contributed by atoms with E-state index in [9.17, 15) is 14.7 Å². The van der Waals surface area contributed by atoms with E-state index >= 15 is 0 Å². The Hall–Kier alpha value is -1.10. The number of likely N-dealkylation sites (tertiary alicyclic amines) is 1. The van der Waals surface area contributed by atoms with E-state index in [0.717, 1.165) is 25.8 Å². The van der Waals surface area contributed by atoms with Gasteiger partial charge in [-0.3, -0.25) is 9.59 Å². The second-order valence-electron chi connectivity index (χ2n) is 6.21. The molecule has 1 aliphatic heterocycles. The number of hydrogen-bond acceptors (Lipinski definition) is 3. The van der Waals surface area contributed by atoms with Crippen LogP contribution in [0.3, 0.4) is 0 Å². The maximum absolute atomic E-state index is 12.3. The average molecular weight is 282 g/mol. The molecule has 3 atom stereocenters. The molecule has 1 saturated carbocycles. The smallest absolute Gasteiger partial charge is 0.307 e. The van der Waals surface area contributed by atoms with Gasteiger partial charge in [-0.1, -0.05) is 19.3 Å². The molecule has 0 aromatic rings. The van der Waals surface area contributed by atoms with E-state index in [1.165, 1.54) is 12.8 Å². The van der Waals surface area contributed by atoms with Crippen LogP contribution in [-0.2, 0) is 9.59 Å². The Morgan fingerprint density at radius 2 is 1.75 bits per heavy atom. The largest absolute Gasteiger partial charge is 0.481 e. The van der Waals surface area contributed by atoms with Crippen molar-refractivity contribution in [1.29, 1.82) is 0 Å². The van der Waals surface area contributed by atoms with Crippen molar-refractivity contribution in [1.82, 2.24) is 10.2 Å². The lowest BCUT2D eigenvalue weighted by Crippen LogP contribution is -2.47. The number of nitrogens with one attached hydrogen (secondary N) is 1. The molecule has 2 N–H and O–H groups in total. The molecule has 5 heteroatoms. The Labute approximate surface area is 120 Å². The molecule has 0 spiro atoms. The summed E-state index contributed by atoms with van der Waals surface area (Å²) in [7, 11) is 2.09. The Kier molecular flexibility index (Phi) is 5.40. The van der Waals surface area contributed by atoms with E-state index in [2.05, 4.69) is 17.3 Å². The quantitative estimate of drug-likeness (QED) is 0.819. The zero-order valence-electron chi connectivity index (χ0n) is 12.3. The molecule has 1 aliphatic carbocycles. The normalized spacial score (nSPS) is 31.8. The minimum Gasteiger partial charge on any atom is -0.481 e. The third-order valence-corrected chi connectivity index (χ3v) is 4.85. The number of hydrogen-bond donors (Lipinski definition) is 2. The second-order valence-corrected chi connectivity index (χ2v) is 6.21. The van der Waals surface area contributed by atoms with E-state index in [0.29, 0.717) is 25.4 Å². The highest BCUT2D eigenvalue weighted by molar-refractivity contribution is 5.84. The number of carbonyl (C=O) groups is 2. The second kappa shape index (κ2) is 7.07. The molecule has 1 amide bonds. The van der Waals surface area contributed by atoms with Gasteiger partial charge < -0.3 is 15.3 Å². The molecule has 5 nitrogen and oxygen atoms in total. The van der Waals surface area contributed by atoms with Crippen LogP contribution in [0.15, 0.2) is 0 Å². The third kappa shape index (κ3) is 3.72. The molecule has 3 unspecified atom stereocenters. The first-order chi connectivity index (χ1) is 9.59. The summed E-state index contributed by atoms with van der Waals surface area (Å²) in [6, 6.07) is 0.402. The minimum atomic E-state index is -0.820. The Morgan fingerprint density at radius 3 is 2.40 bits per heavy atom. The van der Waals surface area contributed by atoms with E-state index in [4.69, 9.17) is 0 Å². The average Bonchev–Trinajstić information content (AvgIpc) is 2.46. The van der Waals surface area contributed by atoms with Gasteiger partial charge in [0.15, 0.2) is 0 Å². The number of carboxylic acid groups (broad SMARTS) is 1. The van der Waals surface area contributed by atoms with Crippen molar-refractivity contribution in [2.75, 3.05) is 20.1 Å². The molecule has 1 heterocycles. The zero-order valence-corrected chi connectivity index (χ0v) is 12.3. The fraction of sp³-hybridized carbons (Fsp3) is 0.867. The molecule has 2 rings (SSSR count). The van der Waals surface area contributed by atoms with E-state index in [1.54, 1.807) is 0 Å². The van der Waals surface area contributed by atoms with Crippen molar-refractivity contribution >= 4 is 11.9 Å². The molecule has 2 aliphatic rings. The SMILES string of the molecule is CN1CCCCC1CNC(=O)C1CCCCC1C(=O)O. The van der Waals surface area contributed by atoms with Gasteiger partial charge in [0.25, 0.3) is 0 Å². The van der Waals surface area contributed by atoms with Crippen LogP contribution in [0.1, 0.15) is 44.9 Å². The third-order valence-electron chi connectivity index (χ3n) is 4.85. The van der Waals surface area contributed by atoms with Gasteiger partial charge in [-0.2, -0.15) is 0 Å². The maximum Gasteiger partial charge on any atom is 0.307 e. The fourth-order valence-electron chi connectivity index (χ4n) is 3.49. The van der Waals surface area contributed by atoms with Crippen molar-refractivity contribution in [3.8, 4) is 0 Å². The minimum absolute atomic E-state index is 0.0592. The summed E-state index contributed by atoms with van der Waals surface area (Å²) in [6.07, 6.45) is 6.79. The van der Waals surface area contributed by atoms with Crippen molar-refractivity contribution in [3.63, 3.8) is 0 Å². The van der Waals surface area contributed by atoms with E-state index < -0.39 is 11.9 Å². The zero-order chi connectivity index (χ0) is 14.5. The number of aliphatic carboxylic acids is 1. The molecule has 20 heavy (non-hydrogen) atoms. The molecule has 114 valence electrons. The van der Waals surface area contributed by atoms with Crippen LogP contribution in [-0.4, -0.2) is 48.1 Å². The number of nitrogens with zero attached hydrogens (tertiary/aromatic N) is 1. The number of likely N-dealkylation sites (N-methyl/N-ethyl adjacent to an activating group) is 1. The van der Waals surface area contributed by atoms with Crippen LogP contribution in [0.4, 0.5) is 0 Å². The van der Waals surface area contributed by atoms with Crippen LogP contribution in [0.5, 0.6) is 0 Å². The van der Waals surface area contributed by atoms with Crippen LogP contribution >= 0.6 is 0 Å². The first kappa shape index (κ1) is 15.3. The monoisotopic (exact) mass is 282 g/mol. The molecular weight excluding hydrogens is 256 g/mol. The van der Waals surface area contributed by atoms with Gasteiger partial charge in [-0.15, -0.1) is 0 Å². The number of rotatable bonds is 4. The van der Waals surface area contributed by atoms with E-state index in [1.807, 2.05) is 0 Å². The van der Waals surface area contributed by atoms with Crippen LogP contribution in [0, 0.1) is 11.8 Å². The van der Waals surface area contributed by atoms with Crippen molar-refractivity contribution in [2.45, 2.75) is 51.0 Å². The molecule has 2 fully saturated rings. The van der Waals surface area contributed by atoms with Gasteiger partial charge in [0.05, 0.1) is 11.8 Å². The van der Waals surface area contributed by atoms with Gasteiger partial charge >= 0.3 is 5.97 Å². The fourth-order valence-corrected chi connectivity index (χ4v) is 3.49. The molecule has 0 aromatic carbocycles. The first-order valence-corrected chi connectivity index (χ1v) is 7.80. The summed E-state index contributed by atoms with van der Waals surface area (Å²) < 4.78 is 0. The number of piperidine rings is 1. The van der Waals surface area contributed by atoms with Gasteiger partial charge in [-0.05, 0) is 39.3 Å².